The molecule has 0 aromatic heterocycles. The van der Waals surface area contributed by atoms with E-state index in [9.17, 15) is 13.9 Å². The molecule has 2 aliphatic rings. The Morgan fingerprint density at radius 3 is 2.14 bits per heavy atom. The molecule has 0 bridgehead atoms. The molecule has 2 aromatic rings. The number of aliphatic hydroxyl groups excluding tert-OH is 1. The Kier molecular flexibility index (Phi) is 6.51. The Morgan fingerprint density at radius 2 is 1.59 bits per heavy atom. The van der Waals surface area contributed by atoms with Gasteiger partial charge in [-0.1, -0.05) is 24.3 Å². The molecule has 0 atom stereocenters. The molecule has 2 aromatic carbocycles. The zero-order chi connectivity index (χ0) is 19.9. The van der Waals surface area contributed by atoms with Crippen molar-refractivity contribution in [3.63, 3.8) is 0 Å². The second-order valence-corrected chi connectivity index (χ2v) is 8.51. The van der Waals surface area contributed by atoms with Crippen LogP contribution in [0.4, 0.5) is 14.5 Å². The average molecular weight is 423 g/mol. The van der Waals surface area contributed by atoms with E-state index in [1.54, 1.807) is 24.3 Å². The fourth-order valence-corrected chi connectivity index (χ4v) is 4.52. The molecule has 1 N–H and O–H groups in total. The van der Waals surface area contributed by atoms with Crippen LogP contribution < -0.4 is 4.90 Å². The number of hydrogen-bond acceptors (Lipinski definition) is 3. The Morgan fingerprint density at radius 1 is 1.00 bits per heavy atom. The van der Waals surface area contributed by atoms with Gasteiger partial charge in [-0.3, -0.25) is 4.90 Å². The number of aliphatic hydroxyl groups is 1. The molecular weight excluding hydrogens is 394 g/mol. The molecule has 3 nitrogen and oxygen atoms in total. The van der Waals surface area contributed by atoms with Gasteiger partial charge in [0.2, 0.25) is 0 Å². The van der Waals surface area contributed by atoms with Crippen molar-refractivity contribution in [1.29, 1.82) is 0 Å². The van der Waals surface area contributed by atoms with Crippen LogP contribution in [0.15, 0.2) is 36.4 Å². The number of hydrogen-bond donors (Lipinski definition) is 1. The SMILES string of the molecule is CC(C)(C1CC1)N1CCN(c2c(F)cc(-c3ccccc3CO)cc2F)CC1.Cl. The minimum Gasteiger partial charge on any atom is -0.392 e. The molecule has 2 fully saturated rings. The van der Waals surface area contributed by atoms with E-state index >= 15 is 0 Å². The second kappa shape index (κ2) is 8.58. The molecule has 158 valence electrons. The van der Waals surface area contributed by atoms with E-state index in [4.69, 9.17) is 0 Å². The number of rotatable bonds is 5. The maximum Gasteiger partial charge on any atom is 0.150 e. The summed E-state index contributed by atoms with van der Waals surface area (Å²) in [4.78, 5) is 4.29. The fraction of sp³-hybridized carbons (Fsp3) is 0.478. The quantitative estimate of drug-likeness (QED) is 0.745. The van der Waals surface area contributed by atoms with Crippen LogP contribution in [-0.2, 0) is 6.61 Å². The van der Waals surface area contributed by atoms with Gasteiger partial charge < -0.3 is 10.0 Å². The lowest BCUT2D eigenvalue weighted by atomic mass is 9.95. The molecule has 29 heavy (non-hydrogen) atoms. The zero-order valence-electron chi connectivity index (χ0n) is 17.0. The zero-order valence-corrected chi connectivity index (χ0v) is 17.8. The van der Waals surface area contributed by atoms with E-state index < -0.39 is 11.6 Å². The average Bonchev–Trinajstić information content (AvgIpc) is 3.53. The lowest BCUT2D eigenvalue weighted by Crippen LogP contribution is -2.55. The van der Waals surface area contributed by atoms with Crippen molar-refractivity contribution in [2.45, 2.75) is 38.8 Å². The van der Waals surface area contributed by atoms with Crippen LogP contribution in [-0.4, -0.2) is 41.7 Å². The largest absolute Gasteiger partial charge is 0.392 e. The number of halogens is 3. The highest BCUT2D eigenvalue weighted by Crippen LogP contribution is 2.43. The molecule has 1 heterocycles. The van der Waals surface area contributed by atoms with Crippen molar-refractivity contribution >= 4 is 18.1 Å². The molecule has 6 heteroatoms. The minimum atomic E-state index is -0.544. The molecule has 0 amide bonds. The van der Waals surface area contributed by atoms with Crippen molar-refractivity contribution in [3.8, 4) is 11.1 Å². The first-order valence-electron chi connectivity index (χ1n) is 10.1. The van der Waals surface area contributed by atoms with Crippen LogP contribution >= 0.6 is 12.4 Å². The Balaban J connectivity index is 0.00000240. The van der Waals surface area contributed by atoms with Gasteiger partial charge in [-0.15, -0.1) is 12.4 Å². The summed E-state index contributed by atoms with van der Waals surface area (Å²) in [6.45, 7) is 7.28. The van der Waals surface area contributed by atoms with E-state index in [0.29, 0.717) is 29.8 Å². The number of nitrogens with zero attached hydrogens (tertiary/aromatic N) is 2. The molecule has 0 radical (unpaired) electrons. The minimum absolute atomic E-state index is 0. The van der Waals surface area contributed by atoms with Crippen LogP contribution in [0.25, 0.3) is 11.1 Å². The summed E-state index contributed by atoms with van der Waals surface area (Å²) in [5.74, 6) is -0.339. The van der Waals surface area contributed by atoms with Gasteiger partial charge in [0.1, 0.15) is 17.3 Å². The Hall–Kier alpha value is -1.69. The summed E-state index contributed by atoms with van der Waals surface area (Å²) in [6.07, 6.45) is 2.57. The van der Waals surface area contributed by atoms with Gasteiger partial charge in [-0.25, -0.2) is 8.78 Å². The summed E-state index contributed by atoms with van der Waals surface area (Å²) in [5.41, 5.74) is 2.00. The number of piperazine rings is 1. The summed E-state index contributed by atoms with van der Waals surface area (Å²) >= 11 is 0. The van der Waals surface area contributed by atoms with Gasteiger partial charge in [0, 0.05) is 31.7 Å². The Labute approximate surface area is 177 Å². The van der Waals surface area contributed by atoms with E-state index in [1.165, 1.54) is 25.0 Å². The van der Waals surface area contributed by atoms with Gasteiger partial charge in [0.25, 0.3) is 0 Å². The predicted octanol–water partition coefficient (Wildman–Crippen LogP) is 4.86. The van der Waals surface area contributed by atoms with Gasteiger partial charge in [-0.2, -0.15) is 0 Å². The van der Waals surface area contributed by atoms with Gasteiger partial charge >= 0.3 is 0 Å². The molecule has 0 spiro atoms. The van der Waals surface area contributed by atoms with Crippen LogP contribution in [0.5, 0.6) is 0 Å². The third-order valence-corrected chi connectivity index (χ3v) is 6.50. The summed E-state index contributed by atoms with van der Waals surface area (Å²) in [5, 5.41) is 9.51. The topological polar surface area (TPSA) is 26.7 Å². The van der Waals surface area contributed by atoms with E-state index in [1.807, 2.05) is 4.90 Å². The lowest BCUT2D eigenvalue weighted by molar-refractivity contribution is 0.0916. The highest BCUT2D eigenvalue weighted by molar-refractivity contribution is 5.85. The molecule has 1 saturated carbocycles. The number of anilines is 1. The molecule has 1 saturated heterocycles. The van der Waals surface area contributed by atoms with E-state index in [0.717, 1.165) is 19.0 Å². The predicted molar refractivity (Wildman–Crippen MR) is 116 cm³/mol. The van der Waals surface area contributed by atoms with Crippen LogP contribution in [0.3, 0.4) is 0 Å². The second-order valence-electron chi connectivity index (χ2n) is 8.51. The lowest BCUT2D eigenvalue weighted by Gasteiger charge is -2.45. The van der Waals surface area contributed by atoms with Crippen molar-refractivity contribution in [1.82, 2.24) is 4.90 Å². The van der Waals surface area contributed by atoms with Crippen molar-refractivity contribution in [3.05, 3.63) is 53.6 Å². The highest BCUT2D eigenvalue weighted by atomic mass is 35.5. The molecule has 4 rings (SSSR count). The third kappa shape index (κ3) is 4.27. The first-order valence-corrected chi connectivity index (χ1v) is 10.1. The first-order chi connectivity index (χ1) is 13.4. The fourth-order valence-electron chi connectivity index (χ4n) is 4.52. The number of benzene rings is 2. The van der Waals surface area contributed by atoms with Crippen LogP contribution in [0.1, 0.15) is 32.3 Å². The van der Waals surface area contributed by atoms with E-state index in [-0.39, 0.29) is 30.2 Å². The summed E-state index contributed by atoms with van der Waals surface area (Å²) in [6, 6.07) is 9.91. The smallest absolute Gasteiger partial charge is 0.150 e. The van der Waals surface area contributed by atoms with Gasteiger partial charge in [-0.05, 0) is 61.4 Å². The van der Waals surface area contributed by atoms with Gasteiger partial charge in [0.15, 0.2) is 0 Å². The normalized spacial score (nSPS) is 17.9. The van der Waals surface area contributed by atoms with Crippen molar-refractivity contribution in [2.75, 3.05) is 31.1 Å². The van der Waals surface area contributed by atoms with Gasteiger partial charge in [0.05, 0.1) is 6.61 Å². The molecule has 1 aliphatic heterocycles. The maximum absolute atomic E-state index is 14.9. The molecule has 1 aliphatic carbocycles. The van der Waals surface area contributed by atoms with Crippen molar-refractivity contribution < 1.29 is 13.9 Å². The Bertz CT molecular complexity index is 839. The standard InChI is InChI=1S/C23H28F2N2O.ClH/c1-23(2,18-7-8-18)27-11-9-26(10-12-27)22-20(24)13-17(14-21(22)25)19-6-4-3-5-16(19)15-28;/h3-6,13-14,18,28H,7-12,15H2,1-2H3;1H. The maximum atomic E-state index is 14.9. The van der Waals surface area contributed by atoms with E-state index in [2.05, 4.69) is 18.7 Å². The van der Waals surface area contributed by atoms with Crippen LogP contribution in [0, 0.1) is 17.6 Å². The first kappa shape index (κ1) is 22.0. The highest BCUT2D eigenvalue weighted by Gasteiger charge is 2.42. The molecular formula is C23H29ClF2N2O. The molecule has 0 unspecified atom stereocenters. The summed E-state index contributed by atoms with van der Waals surface area (Å²) < 4.78 is 29.9. The summed E-state index contributed by atoms with van der Waals surface area (Å²) in [7, 11) is 0. The van der Waals surface area contributed by atoms with Crippen LogP contribution in [0.2, 0.25) is 0 Å². The van der Waals surface area contributed by atoms with Crippen molar-refractivity contribution in [2.24, 2.45) is 5.92 Å². The monoisotopic (exact) mass is 422 g/mol. The third-order valence-electron chi connectivity index (χ3n) is 6.50.